The van der Waals surface area contributed by atoms with Crippen LogP contribution in [0.1, 0.15) is 25.1 Å². The molecular weight excluding hydrogens is 218 g/mol. The van der Waals surface area contributed by atoms with Crippen LogP contribution in [0.3, 0.4) is 0 Å². The molecule has 0 radical (unpaired) electrons. The van der Waals surface area contributed by atoms with E-state index in [0.29, 0.717) is 12.0 Å². The Labute approximate surface area is 101 Å². The summed E-state index contributed by atoms with van der Waals surface area (Å²) in [7, 11) is 0. The highest BCUT2D eigenvalue weighted by Crippen LogP contribution is 2.27. The van der Waals surface area contributed by atoms with E-state index in [1.54, 1.807) is 0 Å². The second kappa shape index (κ2) is 4.62. The maximum absolute atomic E-state index is 5.56. The number of hydrogen-bond donors (Lipinski definition) is 2. The minimum Gasteiger partial charge on any atom is -0.378 e. The van der Waals surface area contributed by atoms with Crippen molar-refractivity contribution in [3.8, 4) is 0 Å². The summed E-state index contributed by atoms with van der Waals surface area (Å²) >= 11 is 0. The van der Waals surface area contributed by atoms with Crippen molar-refractivity contribution >= 4 is 5.95 Å². The summed E-state index contributed by atoms with van der Waals surface area (Å²) < 4.78 is 5.56. The summed E-state index contributed by atoms with van der Waals surface area (Å²) in [6.07, 6.45) is 1.38. The van der Waals surface area contributed by atoms with Gasteiger partial charge in [0, 0.05) is 32.1 Å². The first-order chi connectivity index (χ1) is 8.33. The molecule has 94 valence electrons. The van der Waals surface area contributed by atoms with E-state index in [-0.39, 0.29) is 0 Å². The number of nitrogens with zero attached hydrogens (tertiary/aromatic N) is 3. The molecule has 2 N–H and O–H groups in total. The number of aromatic amines is 1. The average molecular weight is 237 g/mol. The van der Waals surface area contributed by atoms with Crippen LogP contribution in [0.15, 0.2) is 0 Å². The van der Waals surface area contributed by atoms with Gasteiger partial charge >= 0.3 is 0 Å². The molecule has 2 aliphatic heterocycles. The predicted molar refractivity (Wildman–Crippen MR) is 64.2 cm³/mol. The molecule has 2 unspecified atom stereocenters. The van der Waals surface area contributed by atoms with E-state index in [9.17, 15) is 0 Å². The number of rotatable bonds is 2. The van der Waals surface area contributed by atoms with Crippen molar-refractivity contribution in [2.75, 3.05) is 37.7 Å². The van der Waals surface area contributed by atoms with E-state index in [1.807, 2.05) is 0 Å². The molecule has 17 heavy (non-hydrogen) atoms. The van der Waals surface area contributed by atoms with Gasteiger partial charge in [-0.15, -0.1) is 5.10 Å². The van der Waals surface area contributed by atoms with Crippen LogP contribution in [0, 0.1) is 0 Å². The van der Waals surface area contributed by atoms with Gasteiger partial charge in [-0.25, -0.2) is 0 Å². The quantitative estimate of drug-likeness (QED) is 0.764. The minimum atomic E-state index is 0.340. The van der Waals surface area contributed by atoms with Crippen LogP contribution in [-0.4, -0.2) is 54.1 Å². The second-order valence-electron chi connectivity index (χ2n) is 4.83. The van der Waals surface area contributed by atoms with Crippen molar-refractivity contribution in [2.45, 2.75) is 25.4 Å². The van der Waals surface area contributed by atoms with Crippen LogP contribution in [0.25, 0.3) is 0 Å². The third kappa shape index (κ3) is 2.28. The Balaban J connectivity index is 1.69. The molecule has 2 atom stereocenters. The van der Waals surface area contributed by atoms with Gasteiger partial charge in [-0.05, 0) is 13.3 Å². The number of H-pyrrole nitrogens is 1. The largest absolute Gasteiger partial charge is 0.378 e. The zero-order chi connectivity index (χ0) is 11.7. The highest BCUT2D eigenvalue weighted by atomic mass is 16.5. The number of nitrogens with one attached hydrogen (secondary N) is 2. The topological polar surface area (TPSA) is 66.1 Å². The Morgan fingerprint density at radius 2 is 2.18 bits per heavy atom. The first kappa shape index (κ1) is 11.0. The van der Waals surface area contributed by atoms with Gasteiger partial charge in [0.05, 0.1) is 12.7 Å². The predicted octanol–water partition coefficient (Wildman–Crippen LogP) is 0.107. The molecule has 1 aromatic heterocycles. The zero-order valence-electron chi connectivity index (χ0n) is 10.1. The molecule has 6 heteroatoms. The first-order valence-corrected chi connectivity index (χ1v) is 6.32. The van der Waals surface area contributed by atoms with Crippen molar-refractivity contribution in [3.05, 3.63) is 5.82 Å². The lowest BCUT2D eigenvalue weighted by atomic mass is 10.1. The summed E-state index contributed by atoms with van der Waals surface area (Å²) in [4.78, 5) is 6.82. The van der Waals surface area contributed by atoms with Crippen molar-refractivity contribution < 1.29 is 4.74 Å². The van der Waals surface area contributed by atoms with Gasteiger partial charge in [0.15, 0.2) is 0 Å². The summed E-state index contributed by atoms with van der Waals surface area (Å²) in [5.74, 6) is 2.19. The lowest BCUT2D eigenvalue weighted by Gasteiger charge is -2.25. The molecule has 2 fully saturated rings. The lowest BCUT2D eigenvalue weighted by Crippen LogP contribution is -2.44. The first-order valence-electron chi connectivity index (χ1n) is 6.32. The Morgan fingerprint density at radius 1 is 1.35 bits per heavy atom. The maximum atomic E-state index is 5.56. The summed E-state index contributed by atoms with van der Waals surface area (Å²) in [6.45, 7) is 6.84. The van der Waals surface area contributed by atoms with Crippen LogP contribution in [0.2, 0.25) is 0 Å². The van der Waals surface area contributed by atoms with Gasteiger partial charge in [0.25, 0.3) is 0 Å². The van der Waals surface area contributed by atoms with Crippen LogP contribution < -0.4 is 10.2 Å². The van der Waals surface area contributed by atoms with Gasteiger partial charge in [-0.1, -0.05) is 0 Å². The Hall–Kier alpha value is -1.14. The van der Waals surface area contributed by atoms with E-state index < -0.39 is 0 Å². The molecular formula is C11H19N5O. The van der Waals surface area contributed by atoms with Crippen molar-refractivity contribution in [1.29, 1.82) is 0 Å². The van der Waals surface area contributed by atoms with Gasteiger partial charge in [0.2, 0.25) is 5.95 Å². The maximum Gasteiger partial charge on any atom is 0.244 e. The minimum absolute atomic E-state index is 0.340. The summed E-state index contributed by atoms with van der Waals surface area (Å²) in [5.41, 5.74) is 0. The number of anilines is 1. The number of aromatic nitrogens is 3. The monoisotopic (exact) mass is 237 g/mol. The molecule has 0 amide bonds. The lowest BCUT2D eigenvalue weighted by molar-refractivity contribution is 0.123. The molecule has 0 spiro atoms. The molecule has 0 aromatic carbocycles. The van der Waals surface area contributed by atoms with E-state index in [4.69, 9.17) is 4.74 Å². The fraction of sp³-hybridized carbons (Fsp3) is 0.818. The third-order valence-electron chi connectivity index (χ3n) is 3.48. The van der Waals surface area contributed by atoms with Crippen LogP contribution in [0.5, 0.6) is 0 Å². The van der Waals surface area contributed by atoms with Crippen molar-refractivity contribution in [3.63, 3.8) is 0 Å². The Morgan fingerprint density at radius 3 is 2.88 bits per heavy atom. The molecule has 1 aromatic rings. The summed E-state index contributed by atoms with van der Waals surface area (Å²) in [5, 5.41) is 10.7. The highest BCUT2D eigenvalue weighted by Gasteiger charge is 2.27. The third-order valence-corrected chi connectivity index (χ3v) is 3.48. The van der Waals surface area contributed by atoms with Crippen LogP contribution in [-0.2, 0) is 4.74 Å². The van der Waals surface area contributed by atoms with Gasteiger partial charge in [-0.3, -0.25) is 5.10 Å². The van der Waals surface area contributed by atoms with Crippen LogP contribution in [0.4, 0.5) is 5.95 Å². The van der Waals surface area contributed by atoms with E-state index in [0.717, 1.165) is 51.0 Å². The molecule has 0 bridgehead atoms. The molecule has 2 aliphatic rings. The number of hydrogen-bond acceptors (Lipinski definition) is 5. The van der Waals surface area contributed by atoms with Gasteiger partial charge < -0.3 is 15.0 Å². The average Bonchev–Trinajstić information content (AvgIpc) is 2.98. The van der Waals surface area contributed by atoms with Gasteiger partial charge in [0.1, 0.15) is 5.82 Å². The number of piperazine rings is 1. The fourth-order valence-electron chi connectivity index (χ4n) is 2.46. The highest BCUT2D eigenvalue weighted by molar-refractivity contribution is 5.30. The van der Waals surface area contributed by atoms with Gasteiger partial charge in [-0.2, -0.15) is 4.98 Å². The molecule has 2 saturated heterocycles. The molecule has 3 heterocycles. The summed E-state index contributed by atoms with van der Waals surface area (Å²) in [6, 6.07) is 0. The van der Waals surface area contributed by atoms with Crippen molar-refractivity contribution in [2.24, 2.45) is 0 Å². The molecule has 3 rings (SSSR count). The van der Waals surface area contributed by atoms with Crippen molar-refractivity contribution in [1.82, 2.24) is 20.5 Å². The molecule has 0 aliphatic carbocycles. The van der Waals surface area contributed by atoms with E-state index in [2.05, 4.69) is 32.3 Å². The Kier molecular flexibility index (Phi) is 2.98. The second-order valence-corrected chi connectivity index (χ2v) is 4.83. The Bertz CT molecular complexity index is 354. The van der Waals surface area contributed by atoms with E-state index in [1.165, 1.54) is 0 Å². The normalized spacial score (nSPS) is 29.8. The molecule has 6 nitrogen and oxygen atoms in total. The SMILES string of the molecule is CC1CC(c2nc(N3CCNCC3)n[nH]2)CO1. The standard InChI is InChI=1S/C11H19N5O/c1-8-6-9(7-17-8)10-13-11(15-14-10)16-4-2-12-3-5-16/h8-9,12H,2-7H2,1H3,(H,13,14,15). The fourth-order valence-corrected chi connectivity index (χ4v) is 2.46. The zero-order valence-corrected chi connectivity index (χ0v) is 10.1. The smallest absolute Gasteiger partial charge is 0.244 e. The van der Waals surface area contributed by atoms with E-state index >= 15 is 0 Å². The number of ether oxygens (including phenoxy) is 1. The van der Waals surface area contributed by atoms with Crippen LogP contribution >= 0.6 is 0 Å². The molecule has 0 saturated carbocycles.